The van der Waals surface area contributed by atoms with Crippen LogP contribution in [0.5, 0.6) is 0 Å². The minimum Gasteiger partial charge on any atom is -0.352 e. The van der Waals surface area contributed by atoms with E-state index in [0.717, 1.165) is 32.1 Å². The van der Waals surface area contributed by atoms with Gasteiger partial charge in [-0.15, -0.1) is 0 Å². The fraction of sp³-hybridized carbons (Fsp3) is 0.478. The molecule has 1 aliphatic carbocycles. The number of rotatable bonds is 6. The third-order valence-electron chi connectivity index (χ3n) is 6.17. The van der Waals surface area contributed by atoms with E-state index >= 15 is 0 Å². The Balaban J connectivity index is 1.30. The van der Waals surface area contributed by atoms with Crippen molar-refractivity contribution in [3.05, 3.63) is 46.2 Å². The molecule has 0 spiro atoms. The van der Waals surface area contributed by atoms with Gasteiger partial charge in [-0.25, -0.2) is 0 Å². The lowest BCUT2D eigenvalue weighted by Gasteiger charge is -2.32. The zero-order chi connectivity index (χ0) is 23.4. The summed E-state index contributed by atoms with van der Waals surface area (Å²) in [4.78, 5) is 39.6. The molecule has 2 heterocycles. The van der Waals surface area contributed by atoms with Gasteiger partial charge < -0.3 is 15.5 Å². The zero-order valence-electron chi connectivity index (χ0n) is 18.2. The molecule has 1 atom stereocenters. The number of halogens is 2. The van der Waals surface area contributed by atoms with Gasteiger partial charge in [-0.1, -0.05) is 36.0 Å². The molecule has 2 N–H and O–H groups in total. The molecule has 1 aromatic heterocycles. The molecule has 10 heteroatoms. The molecule has 3 amide bonds. The van der Waals surface area contributed by atoms with Crippen molar-refractivity contribution in [3.8, 4) is 0 Å². The van der Waals surface area contributed by atoms with Gasteiger partial charge >= 0.3 is 0 Å². The third kappa shape index (κ3) is 6.06. The topological polar surface area (TPSA) is 96.3 Å². The number of carbonyl (C=O) groups excluding carboxylic acids is 3. The number of hydrogen-bond donors (Lipinski definition) is 2. The number of hydrogen-bond acceptors (Lipinski definition) is 4. The fourth-order valence-electron chi connectivity index (χ4n) is 4.44. The fourth-order valence-corrected chi connectivity index (χ4v) is 4.73. The molecule has 4 rings (SSSR count). The van der Waals surface area contributed by atoms with E-state index in [4.69, 9.17) is 23.2 Å². The lowest BCUT2D eigenvalue weighted by molar-refractivity contribution is -0.122. The second kappa shape index (κ2) is 10.6. The van der Waals surface area contributed by atoms with Crippen LogP contribution in [-0.2, 0) is 16.1 Å². The predicted molar refractivity (Wildman–Crippen MR) is 126 cm³/mol. The summed E-state index contributed by atoms with van der Waals surface area (Å²) in [7, 11) is 0. The van der Waals surface area contributed by atoms with Gasteiger partial charge in [0.2, 0.25) is 11.8 Å². The second-order valence-corrected chi connectivity index (χ2v) is 9.50. The van der Waals surface area contributed by atoms with E-state index in [1.54, 1.807) is 29.3 Å². The molecule has 1 saturated heterocycles. The quantitative estimate of drug-likeness (QED) is 0.642. The summed E-state index contributed by atoms with van der Waals surface area (Å²) < 4.78 is 1.51. The van der Waals surface area contributed by atoms with E-state index in [9.17, 15) is 14.4 Å². The molecule has 2 aromatic rings. The van der Waals surface area contributed by atoms with Gasteiger partial charge in [0.05, 0.1) is 27.8 Å². The molecule has 0 bridgehead atoms. The highest BCUT2D eigenvalue weighted by Crippen LogP contribution is 2.25. The Hall–Kier alpha value is -2.58. The number of nitrogens with one attached hydrogen (secondary N) is 2. The van der Waals surface area contributed by atoms with E-state index in [0.29, 0.717) is 40.8 Å². The van der Waals surface area contributed by atoms with Gasteiger partial charge in [0, 0.05) is 30.9 Å². The van der Waals surface area contributed by atoms with Crippen LogP contribution in [0.25, 0.3) is 0 Å². The van der Waals surface area contributed by atoms with Crippen LogP contribution >= 0.6 is 23.2 Å². The minimum atomic E-state index is -0.334. The molecular formula is C23H27Cl2N5O3. The maximum Gasteiger partial charge on any atom is 0.253 e. The molecule has 8 nitrogen and oxygen atoms in total. The number of carbonyl (C=O) groups is 3. The highest BCUT2D eigenvalue weighted by Gasteiger charge is 2.29. The van der Waals surface area contributed by atoms with E-state index in [2.05, 4.69) is 15.7 Å². The minimum absolute atomic E-state index is 0.0772. The Bertz CT molecular complexity index is 1030. The van der Waals surface area contributed by atoms with Crippen LogP contribution in [0.3, 0.4) is 0 Å². The van der Waals surface area contributed by atoms with Crippen LogP contribution in [0.15, 0.2) is 30.6 Å². The van der Waals surface area contributed by atoms with E-state index in [-0.39, 0.29) is 36.2 Å². The van der Waals surface area contributed by atoms with Gasteiger partial charge in [-0.2, -0.15) is 5.10 Å². The van der Waals surface area contributed by atoms with Crippen molar-refractivity contribution in [2.24, 2.45) is 5.92 Å². The predicted octanol–water partition coefficient (Wildman–Crippen LogP) is 3.74. The number of aromatic nitrogens is 2. The average Bonchev–Trinajstić information content (AvgIpc) is 3.47. The van der Waals surface area contributed by atoms with Crippen molar-refractivity contribution < 1.29 is 14.4 Å². The molecule has 1 saturated carbocycles. The molecule has 1 unspecified atom stereocenters. The van der Waals surface area contributed by atoms with Crippen LogP contribution in [0, 0.1) is 5.92 Å². The SMILES string of the molecule is O=C(Cn1cc(NC(=O)C2CCCN(C(=O)c3ccc(Cl)c(Cl)c3)C2)cn1)NC1CCCC1. The van der Waals surface area contributed by atoms with Crippen molar-refractivity contribution in [2.75, 3.05) is 18.4 Å². The average molecular weight is 492 g/mol. The first-order chi connectivity index (χ1) is 15.9. The van der Waals surface area contributed by atoms with Gasteiger partial charge in [0.15, 0.2) is 0 Å². The molecule has 176 valence electrons. The molecule has 2 fully saturated rings. The first-order valence-corrected chi connectivity index (χ1v) is 12.0. The molecule has 2 aliphatic rings. The van der Waals surface area contributed by atoms with Gasteiger partial charge in [0.1, 0.15) is 6.54 Å². The van der Waals surface area contributed by atoms with E-state index in [1.807, 2.05) is 0 Å². The summed E-state index contributed by atoms with van der Waals surface area (Å²) in [5, 5.41) is 10.8. The van der Waals surface area contributed by atoms with Crippen LogP contribution in [0.1, 0.15) is 48.9 Å². The first-order valence-electron chi connectivity index (χ1n) is 11.3. The molecular weight excluding hydrogens is 465 g/mol. The second-order valence-electron chi connectivity index (χ2n) is 8.68. The molecule has 0 radical (unpaired) electrons. The lowest BCUT2D eigenvalue weighted by Crippen LogP contribution is -2.43. The highest BCUT2D eigenvalue weighted by atomic mass is 35.5. The van der Waals surface area contributed by atoms with Crippen molar-refractivity contribution in [2.45, 2.75) is 51.1 Å². The number of amides is 3. The van der Waals surface area contributed by atoms with E-state index < -0.39 is 0 Å². The maximum atomic E-state index is 12.9. The van der Waals surface area contributed by atoms with Gasteiger partial charge in [-0.3, -0.25) is 19.1 Å². The monoisotopic (exact) mass is 491 g/mol. The Morgan fingerprint density at radius 1 is 1.06 bits per heavy atom. The summed E-state index contributed by atoms with van der Waals surface area (Å²) in [5.74, 6) is -0.755. The summed E-state index contributed by atoms with van der Waals surface area (Å²) in [6.45, 7) is 1.02. The van der Waals surface area contributed by atoms with Crippen molar-refractivity contribution in [1.29, 1.82) is 0 Å². The van der Waals surface area contributed by atoms with Crippen molar-refractivity contribution in [1.82, 2.24) is 20.0 Å². The highest BCUT2D eigenvalue weighted by molar-refractivity contribution is 6.42. The summed E-state index contributed by atoms with van der Waals surface area (Å²) in [5.41, 5.74) is 0.976. The standard InChI is InChI=1S/C23H27Cl2N5O3/c24-19-8-7-15(10-20(19)25)23(33)29-9-3-4-16(12-29)22(32)28-18-11-26-30(13-18)14-21(31)27-17-5-1-2-6-17/h7-8,10-11,13,16-17H,1-6,9,12,14H2,(H,27,31)(H,28,32). The van der Waals surface area contributed by atoms with Crippen LogP contribution in [-0.4, -0.2) is 51.5 Å². The van der Waals surface area contributed by atoms with Crippen LogP contribution in [0.2, 0.25) is 10.0 Å². The van der Waals surface area contributed by atoms with Crippen LogP contribution in [0.4, 0.5) is 5.69 Å². The Morgan fingerprint density at radius 3 is 2.61 bits per heavy atom. The van der Waals surface area contributed by atoms with Crippen molar-refractivity contribution in [3.63, 3.8) is 0 Å². The number of nitrogens with zero attached hydrogens (tertiary/aromatic N) is 3. The molecule has 1 aliphatic heterocycles. The molecule has 33 heavy (non-hydrogen) atoms. The number of benzene rings is 1. The largest absolute Gasteiger partial charge is 0.352 e. The Morgan fingerprint density at radius 2 is 1.85 bits per heavy atom. The number of likely N-dealkylation sites (tertiary alicyclic amines) is 1. The number of anilines is 1. The normalized spacial score (nSPS) is 18.8. The maximum absolute atomic E-state index is 12.9. The van der Waals surface area contributed by atoms with Crippen molar-refractivity contribution >= 4 is 46.6 Å². The lowest BCUT2D eigenvalue weighted by atomic mass is 9.96. The Labute approximate surface area is 202 Å². The number of piperidine rings is 1. The van der Waals surface area contributed by atoms with Gasteiger partial charge in [0.25, 0.3) is 5.91 Å². The van der Waals surface area contributed by atoms with Gasteiger partial charge in [-0.05, 0) is 43.9 Å². The van der Waals surface area contributed by atoms with E-state index in [1.165, 1.54) is 10.9 Å². The Kier molecular flexibility index (Phi) is 7.55. The molecule has 1 aromatic carbocycles. The summed E-state index contributed by atoms with van der Waals surface area (Å²) in [6, 6.07) is 5.04. The summed E-state index contributed by atoms with van der Waals surface area (Å²) >= 11 is 12.0. The summed E-state index contributed by atoms with van der Waals surface area (Å²) in [6.07, 6.45) is 8.95. The third-order valence-corrected chi connectivity index (χ3v) is 6.91. The van der Waals surface area contributed by atoms with Crippen LogP contribution < -0.4 is 10.6 Å². The first kappa shape index (κ1) is 23.6. The zero-order valence-corrected chi connectivity index (χ0v) is 19.7. The smallest absolute Gasteiger partial charge is 0.253 e.